The van der Waals surface area contributed by atoms with Crippen LogP contribution in [0.25, 0.3) is 0 Å². The van der Waals surface area contributed by atoms with Crippen LogP contribution in [0.3, 0.4) is 0 Å². The van der Waals surface area contributed by atoms with Gasteiger partial charge in [0.15, 0.2) is 5.13 Å². The standard InChI is InChI=1S/C16H27N3O3S/c1-5-13(6-2)15(21)19(8-7-9-22-4)10-14(20)18-16-17-12(3)11-23-16/h11,13H,5-10H2,1-4H3,(H,17,18,20). The van der Waals surface area contributed by atoms with Gasteiger partial charge in [-0.2, -0.15) is 0 Å². The fraction of sp³-hybridized carbons (Fsp3) is 0.688. The van der Waals surface area contributed by atoms with Crippen molar-refractivity contribution < 1.29 is 14.3 Å². The molecule has 1 heterocycles. The highest BCUT2D eigenvalue weighted by Crippen LogP contribution is 2.15. The van der Waals surface area contributed by atoms with Crippen molar-refractivity contribution >= 4 is 28.3 Å². The number of nitrogens with zero attached hydrogens (tertiary/aromatic N) is 2. The van der Waals surface area contributed by atoms with Gasteiger partial charge in [0.2, 0.25) is 11.8 Å². The van der Waals surface area contributed by atoms with Crippen molar-refractivity contribution in [3.05, 3.63) is 11.1 Å². The van der Waals surface area contributed by atoms with Crippen molar-refractivity contribution in [1.82, 2.24) is 9.88 Å². The molecule has 0 saturated carbocycles. The molecule has 0 aliphatic rings. The summed E-state index contributed by atoms with van der Waals surface area (Å²) in [6, 6.07) is 0. The number of rotatable bonds is 10. The fourth-order valence-corrected chi connectivity index (χ4v) is 3.01. The van der Waals surface area contributed by atoms with Gasteiger partial charge in [0.1, 0.15) is 0 Å². The molecule has 0 fully saturated rings. The third-order valence-electron chi connectivity index (χ3n) is 3.62. The number of amides is 2. The Balaban J connectivity index is 2.66. The lowest BCUT2D eigenvalue weighted by molar-refractivity contribution is -0.138. The van der Waals surface area contributed by atoms with Crippen molar-refractivity contribution in [2.75, 3.05) is 32.1 Å². The topological polar surface area (TPSA) is 71.5 Å². The second-order valence-corrected chi connectivity index (χ2v) is 6.32. The van der Waals surface area contributed by atoms with Crippen LogP contribution in [0.1, 0.15) is 38.8 Å². The van der Waals surface area contributed by atoms with Gasteiger partial charge in [0, 0.05) is 31.6 Å². The third-order valence-corrected chi connectivity index (χ3v) is 4.50. The molecule has 7 heteroatoms. The Kier molecular flexibility index (Phi) is 8.79. The second-order valence-electron chi connectivity index (χ2n) is 5.46. The first-order chi connectivity index (χ1) is 11.0. The Morgan fingerprint density at radius 3 is 2.61 bits per heavy atom. The predicted octanol–water partition coefficient (Wildman–Crippen LogP) is 2.69. The zero-order valence-electron chi connectivity index (χ0n) is 14.4. The van der Waals surface area contributed by atoms with Gasteiger partial charge < -0.3 is 15.0 Å². The van der Waals surface area contributed by atoms with E-state index in [0.29, 0.717) is 24.7 Å². The molecule has 1 rings (SSSR count). The van der Waals surface area contributed by atoms with E-state index in [1.54, 1.807) is 12.0 Å². The Morgan fingerprint density at radius 1 is 1.39 bits per heavy atom. The van der Waals surface area contributed by atoms with Gasteiger partial charge in [-0.15, -0.1) is 11.3 Å². The average molecular weight is 341 g/mol. The minimum absolute atomic E-state index is 0.0348. The largest absolute Gasteiger partial charge is 0.385 e. The minimum atomic E-state index is -0.212. The lowest BCUT2D eigenvalue weighted by Crippen LogP contribution is -2.42. The molecule has 6 nitrogen and oxygen atoms in total. The summed E-state index contributed by atoms with van der Waals surface area (Å²) in [4.78, 5) is 30.6. The molecule has 1 aromatic rings. The maximum atomic E-state index is 12.6. The Labute approximate surface area is 142 Å². The summed E-state index contributed by atoms with van der Waals surface area (Å²) in [7, 11) is 1.63. The van der Waals surface area contributed by atoms with Gasteiger partial charge in [-0.05, 0) is 26.2 Å². The van der Waals surface area contributed by atoms with Crippen LogP contribution >= 0.6 is 11.3 Å². The number of nitrogens with one attached hydrogen (secondary N) is 1. The summed E-state index contributed by atoms with van der Waals surface area (Å²) in [6.07, 6.45) is 2.28. The number of aromatic nitrogens is 1. The monoisotopic (exact) mass is 341 g/mol. The molecule has 0 saturated heterocycles. The second kappa shape index (κ2) is 10.3. The van der Waals surface area contributed by atoms with Crippen LogP contribution in [0, 0.1) is 12.8 Å². The average Bonchev–Trinajstić information content (AvgIpc) is 2.92. The number of aryl methyl sites for hydroxylation is 1. The summed E-state index contributed by atoms with van der Waals surface area (Å²) in [5, 5.41) is 5.20. The maximum Gasteiger partial charge on any atom is 0.245 e. The van der Waals surface area contributed by atoms with E-state index in [1.165, 1.54) is 11.3 Å². The smallest absolute Gasteiger partial charge is 0.245 e. The van der Waals surface area contributed by atoms with E-state index in [1.807, 2.05) is 26.2 Å². The molecule has 1 aromatic heterocycles. The fourth-order valence-electron chi connectivity index (χ4n) is 2.31. The third kappa shape index (κ3) is 6.66. The molecule has 1 N–H and O–H groups in total. The number of hydrogen-bond donors (Lipinski definition) is 1. The number of carbonyl (C=O) groups is 2. The van der Waals surface area contributed by atoms with Gasteiger partial charge in [-0.1, -0.05) is 13.8 Å². The van der Waals surface area contributed by atoms with Gasteiger partial charge in [0.25, 0.3) is 0 Å². The highest BCUT2D eigenvalue weighted by molar-refractivity contribution is 7.13. The molecule has 0 bridgehead atoms. The highest BCUT2D eigenvalue weighted by atomic mass is 32.1. The summed E-state index contributed by atoms with van der Waals surface area (Å²) < 4.78 is 5.04. The predicted molar refractivity (Wildman–Crippen MR) is 92.6 cm³/mol. The van der Waals surface area contributed by atoms with Crippen molar-refractivity contribution in [1.29, 1.82) is 0 Å². The number of anilines is 1. The summed E-state index contributed by atoms with van der Waals surface area (Å²) in [5.41, 5.74) is 0.871. The molecule has 2 amide bonds. The number of ether oxygens (including phenoxy) is 1. The minimum Gasteiger partial charge on any atom is -0.385 e. The molecular weight excluding hydrogens is 314 g/mol. The van der Waals surface area contributed by atoms with Gasteiger partial charge >= 0.3 is 0 Å². The zero-order chi connectivity index (χ0) is 17.2. The summed E-state index contributed by atoms with van der Waals surface area (Å²) in [5.74, 6) is -0.208. The van der Waals surface area contributed by atoms with Crippen LogP contribution in [0.15, 0.2) is 5.38 Å². The van der Waals surface area contributed by atoms with E-state index < -0.39 is 0 Å². The van der Waals surface area contributed by atoms with E-state index in [0.717, 1.165) is 18.5 Å². The molecule has 0 unspecified atom stereocenters. The van der Waals surface area contributed by atoms with E-state index >= 15 is 0 Å². The molecule has 0 aliphatic heterocycles. The lowest BCUT2D eigenvalue weighted by atomic mass is 10.0. The van der Waals surface area contributed by atoms with Crippen LogP contribution in [-0.2, 0) is 14.3 Å². The van der Waals surface area contributed by atoms with Crippen LogP contribution < -0.4 is 5.32 Å². The molecule has 0 aliphatic carbocycles. The van der Waals surface area contributed by atoms with Crippen molar-refractivity contribution in [3.63, 3.8) is 0 Å². The SMILES string of the molecule is CCC(CC)C(=O)N(CCCOC)CC(=O)Nc1nc(C)cs1. The van der Waals surface area contributed by atoms with Crippen LogP contribution in [0.5, 0.6) is 0 Å². The summed E-state index contributed by atoms with van der Waals surface area (Å²) in [6.45, 7) is 7.01. The van der Waals surface area contributed by atoms with Crippen molar-refractivity contribution in [2.24, 2.45) is 5.92 Å². The van der Waals surface area contributed by atoms with Crippen molar-refractivity contribution in [3.8, 4) is 0 Å². The van der Waals surface area contributed by atoms with Crippen molar-refractivity contribution in [2.45, 2.75) is 40.0 Å². The van der Waals surface area contributed by atoms with E-state index in [-0.39, 0.29) is 24.3 Å². The molecule has 0 aromatic carbocycles. The molecular formula is C16H27N3O3S. The number of carbonyl (C=O) groups excluding carboxylic acids is 2. The van der Waals surface area contributed by atoms with E-state index in [2.05, 4.69) is 10.3 Å². The number of methoxy groups -OCH3 is 1. The zero-order valence-corrected chi connectivity index (χ0v) is 15.2. The Morgan fingerprint density at radius 2 is 2.09 bits per heavy atom. The first kappa shape index (κ1) is 19.6. The Hall–Kier alpha value is -1.47. The van der Waals surface area contributed by atoms with Crippen LogP contribution in [0.4, 0.5) is 5.13 Å². The summed E-state index contributed by atoms with van der Waals surface area (Å²) >= 11 is 1.38. The Bertz CT molecular complexity index is 501. The maximum absolute atomic E-state index is 12.6. The molecule has 0 spiro atoms. The van der Waals surface area contributed by atoms with Crippen LogP contribution in [-0.4, -0.2) is 48.5 Å². The number of hydrogen-bond acceptors (Lipinski definition) is 5. The molecule has 130 valence electrons. The van der Waals surface area contributed by atoms with Gasteiger partial charge in [-0.25, -0.2) is 4.98 Å². The lowest BCUT2D eigenvalue weighted by Gasteiger charge is -2.25. The number of thiazole rings is 1. The normalized spacial score (nSPS) is 10.8. The first-order valence-electron chi connectivity index (χ1n) is 8.01. The first-order valence-corrected chi connectivity index (χ1v) is 8.89. The van der Waals surface area contributed by atoms with E-state index in [9.17, 15) is 9.59 Å². The van der Waals surface area contributed by atoms with E-state index in [4.69, 9.17) is 4.74 Å². The molecule has 0 atom stereocenters. The quantitative estimate of drug-likeness (QED) is 0.664. The van der Waals surface area contributed by atoms with Gasteiger partial charge in [-0.3, -0.25) is 9.59 Å². The van der Waals surface area contributed by atoms with Crippen LogP contribution in [0.2, 0.25) is 0 Å². The molecule has 23 heavy (non-hydrogen) atoms. The highest BCUT2D eigenvalue weighted by Gasteiger charge is 2.23. The molecule has 0 radical (unpaired) electrons. The van der Waals surface area contributed by atoms with Gasteiger partial charge in [0.05, 0.1) is 12.2 Å².